The summed E-state index contributed by atoms with van der Waals surface area (Å²) in [6.07, 6.45) is -5.52. The summed E-state index contributed by atoms with van der Waals surface area (Å²) >= 11 is 0. The first kappa shape index (κ1) is 26.2. The Morgan fingerprint density at radius 2 is 1.33 bits per heavy atom. The maximum absolute atomic E-state index is 14.2. The van der Waals surface area contributed by atoms with E-state index in [1.54, 1.807) is 18.2 Å². The maximum atomic E-state index is 14.2. The Morgan fingerprint density at radius 1 is 0.750 bits per heavy atom. The van der Waals surface area contributed by atoms with Crippen LogP contribution in [0.5, 0.6) is 0 Å². The molecular formula is C27H29F6N3. The van der Waals surface area contributed by atoms with Crippen molar-refractivity contribution in [2.24, 2.45) is 15.9 Å². The normalized spacial score (nSPS) is 19.1. The van der Waals surface area contributed by atoms with E-state index in [1.807, 2.05) is 30.3 Å². The van der Waals surface area contributed by atoms with Crippen LogP contribution < -0.4 is 0 Å². The van der Waals surface area contributed by atoms with Crippen LogP contribution in [0.4, 0.5) is 26.3 Å². The van der Waals surface area contributed by atoms with Crippen molar-refractivity contribution in [2.45, 2.75) is 69.4 Å². The zero-order chi connectivity index (χ0) is 25.8. The molecule has 0 unspecified atom stereocenters. The van der Waals surface area contributed by atoms with Gasteiger partial charge in [-0.2, -0.15) is 26.3 Å². The van der Waals surface area contributed by atoms with Crippen LogP contribution in [0.3, 0.4) is 0 Å². The Labute approximate surface area is 206 Å². The van der Waals surface area contributed by atoms with Gasteiger partial charge in [0.25, 0.3) is 0 Å². The fraction of sp³-hybridized carbons (Fsp3) is 0.481. The highest BCUT2D eigenvalue weighted by Crippen LogP contribution is 2.49. The molecule has 1 fully saturated rings. The van der Waals surface area contributed by atoms with Gasteiger partial charge in [-0.1, -0.05) is 92.8 Å². The van der Waals surface area contributed by atoms with Crippen LogP contribution >= 0.6 is 0 Å². The number of benzene rings is 2. The van der Waals surface area contributed by atoms with Gasteiger partial charge in [0.2, 0.25) is 0 Å². The number of nitrogens with zero attached hydrogens (tertiary/aromatic N) is 3. The molecule has 0 spiro atoms. The van der Waals surface area contributed by atoms with E-state index in [-0.39, 0.29) is 36.1 Å². The molecular weight excluding hydrogens is 480 g/mol. The molecule has 1 heterocycles. The zero-order valence-electron chi connectivity index (χ0n) is 19.8. The molecule has 0 aromatic heterocycles. The lowest BCUT2D eigenvalue weighted by molar-refractivity contribution is -0.293. The molecule has 0 saturated heterocycles. The SMILES string of the molecule is FC(F)(F)C1(C(F)(F)F)N=C(CCC2CCCCC2)N(CCc2ccccc2)C(c2ccccc2)=N1. The van der Waals surface area contributed by atoms with E-state index < -0.39 is 18.0 Å². The number of halogens is 6. The molecule has 2 aromatic rings. The topological polar surface area (TPSA) is 28.0 Å². The molecule has 1 aliphatic carbocycles. The molecule has 3 nitrogen and oxygen atoms in total. The van der Waals surface area contributed by atoms with E-state index in [4.69, 9.17) is 0 Å². The Balaban J connectivity index is 1.78. The third-order valence-electron chi connectivity index (χ3n) is 6.92. The van der Waals surface area contributed by atoms with Crippen LogP contribution in [-0.4, -0.2) is 41.1 Å². The second-order valence-corrected chi connectivity index (χ2v) is 9.43. The number of hydrogen-bond donors (Lipinski definition) is 0. The molecule has 194 valence electrons. The number of aliphatic imine (C=N–C) groups is 2. The van der Waals surface area contributed by atoms with Gasteiger partial charge >= 0.3 is 18.0 Å². The van der Waals surface area contributed by atoms with Crippen LogP contribution in [0.25, 0.3) is 0 Å². The highest BCUT2D eigenvalue weighted by atomic mass is 19.4. The average Bonchev–Trinajstić information content (AvgIpc) is 2.86. The van der Waals surface area contributed by atoms with Crippen molar-refractivity contribution in [1.29, 1.82) is 0 Å². The smallest absolute Gasteiger partial charge is 0.314 e. The minimum Gasteiger partial charge on any atom is -0.314 e. The zero-order valence-corrected chi connectivity index (χ0v) is 19.8. The van der Waals surface area contributed by atoms with E-state index >= 15 is 0 Å². The molecule has 0 N–H and O–H groups in total. The second kappa shape index (κ2) is 10.6. The van der Waals surface area contributed by atoms with E-state index in [0.717, 1.165) is 37.7 Å². The third kappa shape index (κ3) is 5.60. The van der Waals surface area contributed by atoms with Gasteiger partial charge in [0.1, 0.15) is 11.7 Å². The molecule has 36 heavy (non-hydrogen) atoms. The summed E-state index contributed by atoms with van der Waals surface area (Å²) in [7, 11) is 0. The maximum Gasteiger partial charge on any atom is 0.443 e. The van der Waals surface area contributed by atoms with E-state index in [0.29, 0.717) is 12.8 Å². The Kier molecular flexibility index (Phi) is 7.76. The number of rotatable bonds is 7. The Hall–Kier alpha value is -2.84. The first-order valence-corrected chi connectivity index (χ1v) is 12.3. The van der Waals surface area contributed by atoms with Gasteiger partial charge in [0, 0.05) is 18.5 Å². The number of amidine groups is 2. The predicted molar refractivity (Wildman–Crippen MR) is 128 cm³/mol. The minimum absolute atomic E-state index is 0.0270. The largest absolute Gasteiger partial charge is 0.443 e. The van der Waals surface area contributed by atoms with E-state index in [2.05, 4.69) is 9.98 Å². The van der Waals surface area contributed by atoms with Crippen LogP contribution in [0.2, 0.25) is 0 Å². The standard InChI is InChI=1S/C27H29F6N3/c28-26(29,30)25(27(31,32)33)34-23(17-16-20-10-4-1-5-11-20)36(19-18-21-12-6-2-7-13-21)24(35-25)22-14-8-3-9-15-22/h2-3,6-9,12-15,20H,1,4-5,10-11,16-19H2. The van der Waals surface area contributed by atoms with Gasteiger partial charge < -0.3 is 4.90 Å². The molecule has 9 heteroatoms. The van der Waals surface area contributed by atoms with E-state index in [1.165, 1.54) is 17.0 Å². The van der Waals surface area contributed by atoms with Crippen LogP contribution in [-0.2, 0) is 6.42 Å². The summed E-state index contributed by atoms with van der Waals surface area (Å²) in [6.45, 7) is 0.160. The van der Waals surface area contributed by atoms with Crippen molar-refractivity contribution in [3.05, 3.63) is 71.8 Å². The molecule has 4 rings (SSSR count). The van der Waals surface area contributed by atoms with Gasteiger partial charge in [0.05, 0.1) is 0 Å². The van der Waals surface area contributed by atoms with Crippen LogP contribution in [0, 0.1) is 5.92 Å². The van der Waals surface area contributed by atoms with Crippen molar-refractivity contribution < 1.29 is 26.3 Å². The van der Waals surface area contributed by atoms with E-state index in [9.17, 15) is 26.3 Å². The summed E-state index contributed by atoms with van der Waals surface area (Å²) in [4.78, 5) is 8.24. The predicted octanol–water partition coefficient (Wildman–Crippen LogP) is 7.57. The molecule has 2 aliphatic rings. The Morgan fingerprint density at radius 3 is 1.92 bits per heavy atom. The quantitative estimate of drug-likeness (QED) is 0.354. The van der Waals surface area contributed by atoms with Crippen molar-refractivity contribution in [2.75, 3.05) is 6.54 Å². The minimum atomic E-state index is -5.74. The highest BCUT2D eigenvalue weighted by molar-refractivity contribution is 6.11. The lowest BCUT2D eigenvalue weighted by Gasteiger charge is -2.40. The number of hydrogen-bond acceptors (Lipinski definition) is 3. The molecule has 1 saturated carbocycles. The summed E-state index contributed by atoms with van der Waals surface area (Å²) in [5.41, 5.74) is -3.43. The molecule has 1 aliphatic heterocycles. The van der Waals surface area contributed by atoms with Gasteiger partial charge in [-0.25, -0.2) is 9.98 Å². The van der Waals surface area contributed by atoms with Gasteiger partial charge in [-0.05, 0) is 24.3 Å². The summed E-state index contributed by atoms with van der Waals surface area (Å²) in [6, 6.07) is 17.0. The van der Waals surface area contributed by atoms with Gasteiger partial charge in [-0.3, -0.25) is 0 Å². The lowest BCUT2D eigenvalue weighted by Crippen LogP contribution is -2.59. The van der Waals surface area contributed by atoms with Crippen molar-refractivity contribution in [3.63, 3.8) is 0 Å². The monoisotopic (exact) mass is 509 g/mol. The first-order chi connectivity index (χ1) is 17.1. The van der Waals surface area contributed by atoms with Gasteiger partial charge in [-0.15, -0.1) is 0 Å². The lowest BCUT2D eigenvalue weighted by atomic mass is 9.86. The van der Waals surface area contributed by atoms with Crippen LogP contribution in [0.1, 0.15) is 56.1 Å². The molecule has 0 atom stereocenters. The van der Waals surface area contributed by atoms with Crippen molar-refractivity contribution in [3.8, 4) is 0 Å². The van der Waals surface area contributed by atoms with Crippen molar-refractivity contribution in [1.82, 2.24) is 4.90 Å². The molecule has 0 bridgehead atoms. The highest BCUT2D eigenvalue weighted by Gasteiger charge is 2.73. The molecule has 0 amide bonds. The fourth-order valence-electron chi connectivity index (χ4n) is 4.95. The summed E-state index contributed by atoms with van der Waals surface area (Å²) in [5, 5.41) is 0. The average molecular weight is 510 g/mol. The Bertz CT molecular complexity index is 1040. The molecule has 0 radical (unpaired) electrons. The third-order valence-corrected chi connectivity index (χ3v) is 6.92. The van der Waals surface area contributed by atoms with Crippen LogP contribution in [0.15, 0.2) is 70.6 Å². The van der Waals surface area contributed by atoms with Crippen molar-refractivity contribution >= 4 is 11.7 Å². The number of alkyl halides is 6. The van der Waals surface area contributed by atoms with Gasteiger partial charge in [0.15, 0.2) is 0 Å². The first-order valence-electron chi connectivity index (χ1n) is 12.3. The molecule has 2 aromatic carbocycles. The fourth-order valence-corrected chi connectivity index (χ4v) is 4.95. The summed E-state index contributed by atoms with van der Waals surface area (Å²) < 4.78 is 85.0. The summed E-state index contributed by atoms with van der Waals surface area (Å²) in [5.74, 6) is -0.294. The second-order valence-electron chi connectivity index (χ2n) is 9.43.